The van der Waals surface area contributed by atoms with Crippen LogP contribution in [0.4, 0.5) is 0 Å². The van der Waals surface area contributed by atoms with E-state index in [1.165, 1.54) is 15.9 Å². The van der Waals surface area contributed by atoms with Crippen LogP contribution in [-0.4, -0.2) is 16.5 Å². The van der Waals surface area contributed by atoms with Gasteiger partial charge in [0.25, 0.3) is 0 Å². The van der Waals surface area contributed by atoms with Crippen molar-refractivity contribution in [1.82, 2.24) is 9.88 Å². The average Bonchev–Trinajstić information content (AvgIpc) is 2.66. The van der Waals surface area contributed by atoms with Crippen LogP contribution in [0.25, 0.3) is 10.2 Å². The fraction of sp³-hybridized carbons (Fsp3) is 0.385. The highest BCUT2D eigenvalue weighted by Gasteiger charge is 2.11. The van der Waals surface area contributed by atoms with Crippen molar-refractivity contribution >= 4 is 27.5 Å². The Hall–Kier alpha value is -1.62. The zero-order chi connectivity index (χ0) is 13.1. The van der Waals surface area contributed by atoms with E-state index < -0.39 is 0 Å². The van der Waals surface area contributed by atoms with Gasteiger partial charge in [-0.1, -0.05) is 30.4 Å². The van der Waals surface area contributed by atoms with Gasteiger partial charge in [-0.25, -0.2) is 0 Å². The van der Waals surface area contributed by atoms with Crippen LogP contribution in [0.15, 0.2) is 29.1 Å². The maximum atomic E-state index is 11.8. The van der Waals surface area contributed by atoms with Gasteiger partial charge in [0.15, 0.2) is 0 Å². The van der Waals surface area contributed by atoms with Gasteiger partial charge in [-0.15, -0.1) is 0 Å². The predicted molar refractivity (Wildman–Crippen MR) is 74.0 cm³/mol. The number of carbonyl (C=O) groups excluding carboxylic acids is 1. The minimum atomic E-state index is -0.116. The van der Waals surface area contributed by atoms with Crippen LogP contribution in [0.1, 0.15) is 20.3 Å². The highest BCUT2D eigenvalue weighted by atomic mass is 32.1. The summed E-state index contributed by atoms with van der Waals surface area (Å²) in [6.45, 7) is 4.05. The first-order valence-electron chi connectivity index (χ1n) is 5.99. The number of aromatic nitrogens is 1. The van der Waals surface area contributed by atoms with Crippen LogP contribution < -0.4 is 10.2 Å². The quantitative estimate of drug-likeness (QED) is 0.918. The summed E-state index contributed by atoms with van der Waals surface area (Å²) in [5.41, 5.74) is 0.826. The second kappa shape index (κ2) is 5.35. The van der Waals surface area contributed by atoms with Crippen molar-refractivity contribution in [3.63, 3.8) is 0 Å². The van der Waals surface area contributed by atoms with E-state index in [1.807, 2.05) is 38.1 Å². The van der Waals surface area contributed by atoms with Gasteiger partial charge in [0.05, 0.1) is 10.2 Å². The molecule has 2 rings (SSSR count). The molecule has 18 heavy (non-hydrogen) atoms. The van der Waals surface area contributed by atoms with Gasteiger partial charge in [0.2, 0.25) is 5.91 Å². The summed E-state index contributed by atoms with van der Waals surface area (Å²) in [4.78, 5) is 23.6. The van der Waals surface area contributed by atoms with Crippen LogP contribution in [-0.2, 0) is 11.3 Å². The molecule has 0 radical (unpaired) electrons. The van der Waals surface area contributed by atoms with E-state index >= 15 is 0 Å². The average molecular weight is 264 g/mol. The molecule has 4 nitrogen and oxygen atoms in total. The third kappa shape index (κ3) is 2.61. The summed E-state index contributed by atoms with van der Waals surface area (Å²) >= 11 is 1.17. The zero-order valence-corrected chi connectivity index (χ0v) is 11.3. The molecule has 1 aromatic heterocycles. The SMILES string of the molecule is CC[C@@H](C)NC(=O)Cn1c(=O)sc2ccccc21. The van der Waals surface area contributed by atoms with Crippen molar-refractivity contribution in [2.24, 2.45) is 0 Å². The molecule has 1 amide bonds. The van der Waals surface area contributed by atoms with Gasteiger partial charge in [0.1, 0.15) is 6.54 Å². The Morgan fingerprint density at radius 1 is 1.44 bits per heavy atom. The zero-order valence-electron chi connectivity index (χ0n) is 10.5. The lowest BCUT2D eigenvalue weighted by molar-refractivity contribution is -0.122. The number of rotatable bonds is 4. The highest BCUT2D eigenvalue weighted by Crippen LogP contribution is 2.16. The molecule has 1 atom stereocenters. The molecule has 96 valence electrons. The van der Waals surface area contributed by atoms with Crippen molar-refractivity contribution < 1.29 is 4.79 Å². The van der Waals surface area contributed by atoms with Crippen LogP contribution in [0.5, 0.6) is 0 Å². The number of thiazole rings is 1. The van der Waals surface area contributed by atoms with Gasteiger partial charge in [-0.3, -0.25) is 14.2 Å². The Morgan fingerprint density at radius 3 is 2.89 bits per heavy atom. The number of benzene rings is 1. The second-order valence-corrected chi connectivity index (χ2v) is 5.29. The predicted octanol–water partition coefficient (Wildman–Crippen LogP) is 1.98. The summed E-state index contributed by atoms with van der Waals surface area (Å²) in [5.74, 6) is -0.116. The molecule has 5 heteroatoms. The Labute approximate surface area is 109 Å². The van der Waals surface area contributed by atoms with Crippen molar-refractivity contribution in [2.45, 2.75) is 32.9 Å². The number of fused-ring (bicyclic) bond motifs is 1. The van der Waals surface area contributed by atoms with Crippen molar-refractivity contribution in [3.8, 4) is 0 Å². The van der Waals surface area contributed by atoms with E-state index in [0.29, 0.717) is 0 Å². The van der Waals surface area contributed by atoms with Crippen molar-refractivity contribution in [1.29, 1.82) is 0 Å². The summed E-state index contributed by atoms with van der Waals surface area (Å²) in [6.07, 6.45) is 0.880. The number of nitrogens with one attached hydrogen (secondary N) is 1. The van der Waals surface area contributed by atoms with Gasteiger partial charge in [-0.2, -0.15) is 0 Å². The standard InChI is InChI=1S/C13H16N2O2S/c1-3-9(2)14-12(16)8-15-10-6-4-5-7-11(10)18-13(15)17/h4-7,9H,3,8H2,1-2H3,(H,14,16)/t9-/m1/s1. The molecule has 0 fully saturated rings. The Bertz CT molecular complexity index is 615. The van der Waals surface area contributed by atoms with E-state index in [2.05, 4.69) is 5.32 Å². The molecule has 0 aliphatic rings. The first kappa shape index (κ1) is 12.8. The summed E-state index contributed by atoms with van der Waals surface area (Å²) in [6, 6.07) is 7.66. The molecular weight excluding hydrogens is 248 g/mol. The Morgan fingerprint density at radius 2 is 2.17 bits per heavy atom. The largest absolute Gasteiger partial charge is 0.352 e. The molecule has 0 aliphatic carbocycles. The van der Waals surface area contributed by atoms with E-state index in [-0.39, 0.29) is 23.4 Å². The number of hydrogen-bond acceptors (Lipinski definition) is 3. The lowest BCUT2D eigenvalue weighted by Crippen LogP contribution is -2.36. The first-order chi connectivity index (χ1) is 8.61. The number of hydrogen-bond donors (Lipinski definition) is 1. The van der Waals surface area contributed by atoms with Crippen molar-refractivity contribution in [3.05, 3.63) is 33.9 Å². The summed E-state index contributed by atoms with van der Waals surface area (Å²) in [7, 11) is 0. The van der Waals surface area contributed by atoms with E-state index in [4.69, 9.17) is 0 Å². The molecule has 0 aliphatic heterocycles. The first-order valence-corrected chi connectivity index (χ1v) is 6.81. The highest BCUT2D eigenvalue weighted by molar-refractivity contribution is 7.16. The fourth-order valence-electron chi connectivity index (χ4n) is 1.73. The van der Waals surface area contributed by atoms with Crippen molar-refractivity contribution in [2.75, 3.05) is 0 Å². The van der Waals surface area contributed by atoms with Gasteiger partial charge in [0, 0.05) is 6.04 Å². The normalized spacial score (nSPS) is 12.6. The smallest absolute Gasteiger partial charge is 0.308 e. The number of nitrogens with zero attached hydrogens (tertiary/aromatic N) is 1. The van der Waals surface area contributed by atoms with E-state index in [9.17, 15) is 9.59 Å². The maximum Gasteiger partial charge on any atom is 0.308 e. The lowest BCUT2D eigenvalue weighted by Gasteiger charge is -2.11. The molecular formula is C13H16N2O2S. The maximum absolute atomic E-state index is 11.8. The third-order valence-corrected chi connectivity index (χ3v) is 3.86. The number of para-hydroxylation sites is 1. The minimum Gasteiger partial charge on any atom is -0.352 e. The minimum absolute atomic E-state index is 0.0875. The Balaban J connectivity index is 2.24. The fourth-order valence-corrected chi connectivity index (χ4v) is 2.62. The Kier molecular flexibility index (Phi) is 3.81. The van der Waals surface area contributed by atoms with Gasteiger partial charge >= 0.3 is 4.87 Å². The monoisotopic (exact) mass is 264 g/mol. The molecule has 0 saturated heterocycles. The third-order valence-electron chi connectivity index (χ3n) is 2.90. The van der Waals surface area contributed by atoms with Gasteiger partial charge in [-0.05, 0) is 25.5 Å². The topological polar surface area (TPSA) is 51.1 Å². The molecule has 0 bridgehead atoms. The molecule has 0 saturated carbocycles. The molecule has 2 aromatic rings. The number of carbonyl (C=O) groups is 1. The van der Waals surface area contributed by atoms with Crippen LogP contribution in [0, 0.1) is 0 Å². The number of amides is 1. The molecule has 0 spiro atoms. The van der Waals surface area contributed by atoms with Crippen LogP contribution in [0.3, 0.4) is 0 Å². The van der Waals surface area contributed by atoms with E-state index in [0.717, 1.165) is 16.6 Å². The van der Waals surface area contributed by atoms with E-state index in [1.54, 1.807) is 0 Å². The van der Waals surface area contributed by atoms with Crippen LogP contribution >= 0.6 is 11.3 Å². The summed E-state index contributed by atoms with van der Waals surface area (Å²) in [5, 5.41) is 2.87. The second-order valence-electron chi connectivity index (χ2n) is 4.30. The molecule has 1 N–H and O–H groups in total. The summed E-state index contributed by atoms with van der Waals surface area (Å²) < 4.78 is 2.44. The lowest BCUT2D eigenvalue weighted by atomic mass is 10.2. The van der Waals surface area contributed by atoms with Gasteiger partial charge < -0.3 is 5.32 Å². The molecule has 0 unspecified atom stereocenters. The molecule has 1 heterocycles. The van der Waals surface area contributed by atoms with Crippen LogP contribution in [0.2, 0.25) is 0 Å². The molecule has 1 aromatic carbocycles.